The van der Waals surface area contributed by atoms with Gasteiger partial charge in [0.15, 0.2) is 5.78 Å². The molecule has 0 saturated heterocycles. The molecule has 0 aliphatic heterocycles. The molecule has 4 heteroatoms. The van der Waals surface area contributed by atoms with Crippen LogP contribution in [0.2, 0.25) is 0 Å². The van der Waals surface area contributed by atoms with Crippen molar-refractivity contribution < 1.29 is 18.0 Å². The summed E-state index contributed by atoms with van der Waals surface area (Å²) in [5, 5.41) is 0. The summed E-state index contributed by atoms with van der Waals surface area (Å²) in [5.41, 5.74) is -0.624. The summed E-state index contributed by atoms with van der Waals surface area (Å²) in [6.07, 6.45) is -2.69. The SMILES string of the molecule is CCC(=O)c1ccc(F)cc1C(F)F. The van der Waals surface area contributed by atoms with E-state index in [4.69, 9.17) is 0 Å². The van der Waals surface area contributed by atoms with E-state index in [1.807, 2.05) is 0 Å². The molecule has 0 aliphatic rings. The number of halogens is 3. The molecule has 1 rings (SSSR count). The van der Waals surface area contributed by atoms with Gasteiger partial charge >= 0.3 is 0 Å². The van der Waals surface area contributed by atoms with Gasteiger partial charge in [0.25, 0.3) is 6.43 Å². The summed E-state index contributed by atoms with van der Waals surface area (Å²) in [7, 11) is 0. The molecule has 1 aromatic rings. The molecule has 1 aromatic carbocycles. The molecule has 14 heavy (non-hydrogen) atoms. The molecule has 0 fully saturated rings. The number of ketones is 1. The molecule has 0 aliphatic carbocycles. The van der Waals surface area contributed by atoms with Crippen LogP contribution in [0.5, 0.6) is 0 Å². The van der Waals surface area contributed by atoms with Gasteiger partial charge in [-0.25, -0.2) is 13.2 Å². The summed E-state index contributed by atoms with van der Waals surface area (Å²) in [6.45, 7) is 1.57. The van der Waals surface area contributed by atoms with E-state index in [9.17, 15) is 18.0 Å². The molecule has 76 valence electrons. The van der Waals surface area contributed by atoms with E-state index in [-0.39, 0.29) is 12.0 Å². The van der Waals surface area contributed by atoms with Crippen molar-refractivity contribution >= 4 is 5.78 Å². The molecule has 0 atom stereocenters. The minimum Gasteiger partial charge on any atom is -0.294 e. The number of hydrogen-bond donors (Lipinski definition) is 0. The molecule has 0 unspecified atom stereocenters. The number of Topliss-reactive ketones (excluding diaryl/α,β-unsaturated/α-hetero) is 1. The highest BCUT2D eigenvalue weighted by molar-refractivity contribution is 5.97. The zero-order valence-corrected chi connectivity index (χ0v) is 7.56. The van der Waals surface area contributed by atoms with Crippen molar-refractivity contribution in [3.63, 3.8) is 0 Å². The van der Waals surface area contributed by atoms with Gasteiger partial charge in [-0.3, -0.25) is 4.79 Å². The maximum Gasteiger partial charge on any atom is 0.264 e. The number of carbonyl (C=O) groups excluding carboxylic acids is 1. The van der Waals surface area contributed by atoms with E-state index in [0.717, 1.165) is 12.1 Å². The number of hydrogen-bond acceptors (Lipinski definition) is 1. The molecule has 0 bridgehead atoms. The van der Waals surface area contributed by atoms with Gasteiger partial charge in [0, 0.05) is 17.5 Å². The Hall–Kier alpha value is -1.32. The van der Waals surface area contributed by atoms with Gasteiger partial charge in [-0.2, -0.15) is 0 Å². The summed E-state index contributed by atoms with van der Waals surface area (Å²) < 4.78 is 37.4. The zero-order valence-electron chi connectivity index (χ0n) is 7.56. The molecule has 0 aromatic heterocycles. The Morgan fingerprint density at radius 1 is 1.43 bits per heavy atom. The Morgan fingerprint density at radius 2 is 2.07 bits per heavy atom. The average Bonchev–Trinajstić information content (AvgIpc) is 2.16. The van der Waals surface area contributed by atoms with Crippen LogP contribution in [0.25, 0.3) is 0 Å². The van der Waals surface area contributed by atoms with Crippen molar-refractivity contribution in [2.75, 3.05) is 0 Å². The van der Waals surface area contributed by atoms with E-state index in [0.29, 0.717) is 6.07 Å². The molecule has 0 saturated carbocycles. The van der Waals surface area contributed by atoms with Crippen LogP contribution < -0.4 is 0 Å². The van der Waals surface area contributed by atoms with Crippen molar-refractivity contribution in [1.29, 1.82) is 0 Å². The summed E-state index contributed by atoms with van der Waals surface area (Å²) >= 11 is 0. The molecule has 0 spiro atoms. The normalized spacial score (nSPS) is 10.6. The van der Waals surface area contributed by atoms with Crippen LogP contribution in [0.1, 0.15) is 35.7 Å². The van der Waals surface area contributed by atoms with Crippen molar-refractivity contribution in [2.45, 2.75) is 19.8 Å². The molecule has 0 radical (unpaired) electrons. The lowest BCUT2D eigenvalue weighted by molar-refractivity contribution is 0.0974. The van der Waals surface area contributed by atoms with E-state index in [1.54, 1.807) is 6.92 Å². The quantitative estimate of drug-likeness (QED) is 0.687. The predicted octanol–water partition coefficient (Wildman–Crippen LogP) is 3.36. The maximum absolute atomic E-state index is 12.6. The van der Waals surface area contributed by atoms with E-state index < -0.39 is 23.6 Å². The largest absolute Gasteiger partial charge is 0.294 e. The minimum atomic E-state index is -2.82. The van der Waals surface area contributed by atoms with Gasteiger partial charge in [0.2, 0.25) is 0 Å². The number of carbonyl (C=O) groups is 1. The fraction of sp³-hybridized carbons (Fsp3) is 0.300. The van der Waals surface area contributed by atoms with Gasteiger partial charge < -0.3 is 0 Å². The van der Waals surface area contributed by atoms with Crippen LogP contribution >= 0.6 is 0 Å². The predicted molar refractivity (Wildman–Crippen MR) is 46.0 cm³/mol. The first kappa shape index (κ1) is 10.8. The Labute approximate surface area is 79.5 Å². The minimum absolute atomic E-state index is 0.0936. The molecule has 0 N–H and O–H groups in total. The lowest BCUT2D eigenvalue weighted by Gasteiger charge is -2.06. The average molecular weight is 202 g/mol. The highest BCUT2D eigenvalue weighted by Gasteiger charge is 2.17. The fourth-order valence-corrected chi connectivity index (χ4v) is 1.16. The number of rotatable bonds is 3. The van der Waals surface area contributed by atoms with Gasteiger partial charge in [0.05, 0.1) is 0 Å². The smallest absolute Gasteiger partial charge is 0.264 e. The van der Waals surface area contributed by atoms with Crippen molar-refractivity contribution in [1.82, 2.24) is 0 Å². The lowest BCUT2D eigenvalue weighted by Crippen LogP contribution is -2.03. The topological polar surface area (TPSA) is 17.1 Å². The Kier molecular flexibility index (Phi) is 3.28. The van der Waals surface area contributed by atoms with Gasteiger partial charge in [-0.15, -0.1) is 0 Å². The lowest BCUT2D eigenvalue weighted by atomic mass is 10.0. The first-order valence-electron chi connectivity index (χ1n) is 4.17. The van der Waals surface area contributed by atoms with Crippen LogP contribution in [-0.4, -0.2) is 5.78 Å². The Morgan fingerprint density at radius 3 is 2.57 bits per heavy atom. The first-order chi connectivity index (χ1) is 6.56. The zero-order chi connectivity index (χ0) is 10.7. The third-order valence-electron chi connectivity index (χ3n) is 1.87. The third-order valence-corrected chi connectivity index (χ3v) is 1.87. The first-order valence-corrected chi connectivity index (χ1v) is 4.17. The van der Waals surface area contributed by atoms with Crippen LogP contribution in [-0.2, 0) is 0 Å². The van der Waals surface area contributed by atoms with Gasteiger partial charge in [0.1, 0.15) is 5.82 Å². The molecular formula is C10H9F3O. The van der Waals surface area contributed by atoms with Gasteiger partial charge in [-0.05, 0) is 18.2 Å². The molecule has 0 heterocycles. The van der Waals surface area contributed by atoms with Crippen molar-refractivity contribution in [3.05, 3.63) is 35.1 Å². The van der Waals surface area contributed by atoms with Crippen LogP contribution in [0, 0.1) is 5.82 Å². The Bertz CT molecular complexity index is 347. The second kappa shape index (κ2) is 4.26. The van der Waals surface area contributed by atoms with E-state index >= 15 is 0 Å². The summed E-state index contributed by atoms with van der Waals surface area (Å²) in [5.74, 6) is -1.16. The Balaban J connectivity index is 3.21. The molecule has 1 nitrogen and oxygen atoms in total. The number of benzene rings is 1. The second-order valence-corrected chi connectivity index (χ2v) is 2.81. The maximum atomic E-state index is 12.6. The highest BCUT2D eigenvalue weighted by Crippen LogP contribution is 2.24. The standard InChI is InChI=1S/C10H9F3O/c1-2-9(14)7-4-3-6(11)5-8(7)10(12)13/h3-5,10H,2H2,1H3. The van der Waals surface area contributed by atoms with Crippen LogP contribution in [0.15, 0.2) is 18.2 Å². The molecule has 0 amide bonds. The summed E-state index contributed by atoms with van der Waals surface area (Å²) in [6, 6.07) is 2.81. The van der Waals surface area contributed by atoms with E-state index in [1.165, 1.54) is 0 Å². The fourth-order valence-electron chi connectivity index (χ4n) is 1.16. The van der Waals surface area contributed by atoms with Crippen molar-refractivity contribution in [3.8, 4) is 0 Å². The van der Waals surface area contributed by atoms with Gasteiger partial charge in [-0.1, -0.05) is 6.92 Å². The highest BCUT2D eigenvalue weighted by atomic mass is 19.3. The van der Waals surface area contributed by atoms with E-state index in [2.05, 4.69) is 0 Å². The monoisotopic (exact) mass is 202 g/mol. The van der Waals surface area contributed by atoms with Crippen LogP contribution in [0.3, 0.4) is 0 Å². The van der Waals surface area contributed by atoms with Crippen molar-refractivity contribution in [2.24, 2.45) is 0 Å². The van der Waals surface area contributed by atoms with Crippen LogP contribution in [0.4, 0.5) is 13.2 Å². The third kappa shape index (κ3) is 2.13. The molecular weight excluding hydrogens is 193 g/mol. The number of alkyl halides is 2. The summed E-state index contributed by atoms with van der Waals surface area (Å²) in [4.78, 5) is 11.2. The second-order valence-electron chi connectivity index (χ2n) is 2.81.